The van der Waals surface area contributed by atoms with Gasteiger partial charge in [-0.3, -0.25) is 4.79 Å². The van der Waals surface area contributed by atoms with Crippen LogP contribution in [0.4, 0.5) is 26.3 Å². The highest BCUT2D eigenvalue weighted by atomic mass is 19.4. The molecule has 0 atom stereocenters. The highest BCUT2D eigenvalue weighted by Crippen LogP contribution is 2.40. The number of alkyl halides is 6. The van der Waals surface area contributed by atoms with Gasteiger partial charge in [-0.2, -0.15) is 13.2 Å². The Morgan fingerprint density at radius 1 is 1.14 bits per heavy atom. The lowest BCUT2D eigenvalue weighted by atomic mass is 10.0. The molecule has 9 heteroatoms. The molecule has 1 aromatic rings. The van der Waals surface area contributed by atoms with Crippen molar-refractivity contribution in [3.05, 3.63) is 29.3 Å². The first-order valence-electron chi connectivity index (χ1n) is 5.65. The fraction of sp³-hybridized carbons (Fsp3) is 0.417. The van der Waals surface area contributed by atoms with Crippen LogP contribution < -0.4 is 4.74 Å². The zero-order valence-corrected chi connectivity index (χ0v) is 10.6. The summed E-state index contributed by atoms with van der Waals surface area (Å²) in [4.78, 5) is 11.2. The van der Waals surface area contributed by atoms with Crippen LogP contribution in [0.15, 0.2) is 18.2 Å². The number of carbonyl (C=O) groups is 1. The van der Waals surface area contributed by atoms with E-state index in [1.165, 1.54) is 6.92 Å². The van der Waals surface area contributed by atoms with Crippen LogP contribution in [0.5, 0.6) is 5.75 Å². The van der Waals surface area contributed by atoms with Crippen molar-refractivity contribution in [1.29, 1.82) is 0 Å². The molecule has 0 saturated heterocycles. The first kappa shape index (κ1) is 17.1. The lowest BCUT2D eigenvalue weighted by Crippen LogP contribution is -2.22. The molecule has 0 amide bonds. The zero-order chi connectivity index (χ0) is 16.3. The van der Waals surface area contributed by atoms with E-state index < -0.39 is 41.8 Å². The molecule has 0 bridgehead atoms. The number of halogens is 6. The average Bonchev–Trinajstić information content (AvgIpc) is 2.25. The molecule has 0 N–H and O–H groups in total. The maximum absolute atomic E-state index is 12.9. The van der Waals surface area contributed by atoms with Gasteiger partial charge in [-0.1, -0.05) is 12.1 Å². The van der Waals surface area contributed by atoms with Crippen LogP contribution in [-0.2, 0) is 22.1 Å². The average molecular weight is 316 g/mol. The molecule has 1 aromatic carbocycles. The fourth-order valence-electron chi connectivity index (χ4n) is 1.62. The molecule has 0 aliphatic heterocycles. The van der Waals surface area contributed by atoms with E-state index in [1.807, 2.05) is 0 Å². The summed E-state index contributed by atoms with van der Waals surface area (Å²) in [5.41, 5.74) is -2.29. The molecule has 118 valence electrons. The van der Waals surface area contributed by atoms with E-state index in [2.05, 4.69) is 9.47 Å². The maximum atomic E-state index is 12.9. The molecule has 0 saturated carbocycles. The van der Waals surface area contributed by atoms with Crippen molar-refractivity contribution in [2.75, 3.05) is 6.61 Å². The summed E-state index contributed by atoms with van der Waals surface area (Å²) in [7, 11) is 0. The predicted octanol–water partition coefficient (Wildman–Crippen LogP) is 3.71. The van der Waals surface area contributed by atoms with Crippen molar-refractivity contribution in [2.24, 2.45) is 0 Å². The molecular formula is C12H10F6O3. The summed E-state index contributed by atoms with van der Waals surface area (Å²) >= 11 is 0. The van der Waals surface area contributed by atoms with Gasteiger partial charge >= 0.3 is 18.5 Å². The number of hydrogen-bond donors (Lipinski definition) is 0. The summed E-state index contributed by atoms with van der Waals surface area (Å²) < 4.78 is 83.0. The lowest BCUT2D eigenvalue weighted by molar-refractivity contribution is -0.276. The molecule has 1 rings (SSSR count). The number of rotatable bonds is 4. The second kappa shape index (κ2) is 6.23. The van der Waals surface area contributed by atoms with Crippen LogP contribution in [0.3, 0.4) is 0 Å². The predicted molar refractivity (Wildman–Crippen MR) is 58.5 cm³/mol. The van der Waals surface area contributed by atoms with Crippen LogP contribution in [0.1, 0.15) is 18.1 Å². The zero-order valence-electron chi connectivity index (χ0n) is 10.6. The van der Waals surface area contributed by atoms with Gasteiger partial charge in [-0.15, -0.1) is 13.2 Å². The van der Waals surface area contributed by atoms with E-state index in [4.69, 9.17) is 0 Å². The molecule has 0 heterocycles. The van der Waals surface area contributed by atoms with Crippen LogP contribution >= 0.6 is 0 Å². The Morgan fingerprint density at radius 2 is 1.76 bits per heavy atom. The van der Waals surface area contributed by atoms with Gasteiger partial charge in [-0.25, -0.2) is 0 Å². The number of carbonyl (C=O) groups excluding carboxylic acids is 1. The van der Waals surface area contributed by atoms with E-state index in [-0.39, 0.29) is 6.61 Å². The van der Waals surface area contributed by atoms with Gasteiger partial charge in [-0.05, 0) is 18.6 Å². The molecule has 0 aliphatic rings. The van der Waals surface area contributed by atoms with Crippen molar-refractivity contribution in [2.45, 2.75) is 25.9 Å². The molecule has 0 fully saturated rings. The molecule has 0 aromatic heterocycles. The van der Waals surface area contributed by atoms with Crippen LogP contribution in [0, 0.1) is 0 Å². The summed E-state index contributed by atoms with van der Waals surface area (Å²) in [6, 6.07) is 2.36. The van der Waals surface area contributed by atoms with Crippen LogP contribution in [-0.4, -0.2) is 18.9 Å². The highest BCUT2D eigenvalue weighted by Gasteiger charge is 2.41. The first-order chi connectivity index (χ1) is 9.54. The van der Waals surface area contributed by atoms with Crippen molar-refractivity contribution in [3.8, 4) is 5.75 Å². The number of ether oxygens (including phenoxy) is 2. The van der Waals surface area contributed by atoms with Crippen LogP contribution in [0.25, 0.3) is 0 Å². The summed E-state index contributed by atoms with van der Waals surface area (Å²) in [6.07, 6.45) is -11.2. The van der Waals surface area contributed by atoms with E-state index in [9.17, 15) is 31.1 Å². The second-order valence-electron chi connectivity index (χ2n) is 3.82. The minimum Gasteiger partial charge on any atom is -0.466 e. The molecule has 0 aliphatic carbocycles. The SMILES string of the molecule is CCOC(=O)Cc1cccc(OC(F)(F)F)c1C(F)(F)F. The second-order valence-corrected chi connectivity index (χ2v) is 3.82. The van der Waals surface area contributed by atoms with E-state index >= 15 is 0 Å². The third kappa shape index (κ3) is 5.16. The number of benzene rings is 1. The van der Waals surface area contributed by atoms with E-state index in [0.717, 1.165) is 12.1 Å². The Morgan fingerprint density at radius 3 is 2.24 bits per heavy atom. The summed E-state index contributed by atoms with van der Waals surface area (Å²) in [5, 5.41) is 0. The van der Waals surface area contributed by atoms with Gasteiger partial charge in [0.15, 0.2) is 0 Å². The Kier molecular flexibility index (Phi) is 5.08. The molecule has 0 radical (unpaired) electrons. The van der Waals surface area contributed by atoms with Gasteiger partial charge < -0.3 is 9.47 Å². The molecule has 0 unspecified atom stereocenters. The van der Waals surface area contributed by atoms with Gasteiger partial charge in [0.2, 0.25) is 0 Å². The van der Waals surface area contributed by atoms with Crippen LogP contribution in [0.2, 0.25) is 0 Å². The number of hydrogen-bond acceptors (Lipinski definition) is 3. The Bertz CT molecular complexity index is 507. The summed E-state index contributed by atoms with van der Waals surface area (Å²) in [5.74, 6) is -2.39. The molecular weight excluding hydrogens is 306 g/mol. The van der Waals surface area contributed by atoms with E-state index in [0.29, 0.717) is 6.07 Å². The lowest BCUT2D eigenvalue weighted by Gasteiger charge is -2.18. The Hall–Kier alpha value is -1.93. The molecule has 3 nitrogen and oxygen atoms in total. The smallest absolute Gasteiger partial charge is 0.466 e. The van der Waals surface area contributed by atoms with Gasteiger partial charge in [0, 0.05) is 0 Å². The maximum Gasteiger partial charge on any atom is 0.573 e. The molecule has 0 spiro atoms. The largest absolute Gasteiger partial charge is 0.573 e. The molecule has 21 heavy (non-hydrogen) atoms. The van der Waals surface area contributed by atoms with Gasteiger partial charge in [0.1, 0.15) is 11.3 Å². The minimum absolute atomic E-state index is 0.0566. The quantitative estimate of drug-likeness (QED) is 0.627. The van der Waals surface area contributed by atoms with Crippen molar-refractivity contribution in [1.82, 2.24) is 0 Å². The normalized spacial score (nSPS) is 12.1. The number of esters is 1. The third-order valence-electron chi connectivity index (χ3n) is 2.26. The van der Waals surface area contributed by atoms with E-state index in [1.54, 1.807) is 0 Å². The third-order valence-corrected chi connectivity index (χ3v) is 2.26. The minimum atomic E-state index is -5.28. The van der Waals surface area contributed by atoms with Gasteiger partial charge in [0.25, 0.3) is 0 Å². The standard InChI is InChI=1S/C12H10F6O3/c1-2-20-9(19)6-7-4-3-5-8(21-12(16,17)18)10(7)11(13,14)15/h3-5H,2,6H2,1H3. The van der Waals surface area contributed by atoms with Gasteiger partial charge in [0.05, 0.1) is 13.0 Å². The highest BCUT2D eigenvalue weighted by molar-refractivity contribution is 5.73. The Labute approximate surface area is 115 Å². The topological polar surface area (TPSA) is 35.5 Å². The van der Waals surface area contributed by atoms with Crippen molar-refractivity contribution < 1.29 is 40.6 Å². The van der Waals surface area contributed by atoms with Crippen molar-refractivity contribution >= 4 is 5.97 Å². The monoisotopic (exact) mass is 316 g/mol. The van der Waals surface area contributed by atoms with Crippen molar-refractivity contribution in [3.63, 3.8) is 0 Å². The Balaban J connectivity index is 3.25. The first-order valence-corrected chi connectivity index (χ1v) is 5.65. The summed E-state index contributed by atoms with van der Waals surface area (Å²) in [6.45, 7) is 1.39. The fourth-order valence-corrected chi connectivity index (χ4v) is 1.62.